The molecule has 1 amide bonds. The predicted molar refractivity (Wildman–Crippen MR) is 98.9 cm³/mol. The van der Waals surface area contributed by atoms with E-state index in [2.05, 4.69) is 20.2 Å². The maximum Gasteiger partial charge on any atom is 0.271 e. The normalized spacial score (nSPS) is 11.1. The van der Waals surface area contributed by atoms with Gasteiger partial charge in [-0.2, -0.15) is 5.10 Å². The second-order valence-corrected chi connectivity index (χ2v) is 7.40. The number of carbonyl (C=O) groups is 1. The van der Waals surface area contributed by atoms with Crippen molar-refractivity contribution in [2.45, 2.75) is 12.3 Å². The molecule has 0 aliphatic heterocycles. The third-order valence-corrected chi connectivity index (χ3v) is 4.87. The second-order valence-electron chi connectivity index (χ2n) is 5.67. The number of sulfonamides is 1. The summed E-state index contributed by atoms with van der Waals surface area (Å²) in [6.45, 7) is 0.328. The molecule has 0 saturated carbocycles. The first-order chi connectivity index (χ1) is 12.5. The van der Waals surface area contributed by atoms with Crippen molar-refractivity contribution in [3.05, 3.63) is 83.7 Å². The van der Waals surface area contributed by atoms with Crippen LogP contribution in [0.2, 0.25) is 0 Å². The van der Waals surface area contributed by atoms with E-state index < -0.39 is 15.9 Å². The molecule has 3 aromatic rings. The lowest BCUT2D eigenvalue weighted by Crippen LogP contribution is -2.25. The zero-order valence-corrected chi connectivity index (χ0v) is 14.7. The van der Waals surface area contributed by atoms with E-state index in [1.165, 1.54) is 6.20 Å². The minimum atomic E-state index is -3.67. The maximum absolute atomic E-state index is 12.3. The number of aromatic nitrogens is 2. The van der Waals surface area contributed by atoms with E-state index in [1.807, 2.05) is 36.4 Å². The van der Waals surface area contributed by atoms with Crippen molar-refractivity contribution < 1.29 is 13.2 Å². The molecule has 3 N–H and O–H groups in total. The fourth-order valence-corrected chi connectivity index (χ4v) is 3.59. The monoisotopic (exact) mass is 370 g/mol. The SMILES string of the molecule is O=C(NCc1ccccc1)c1[nH]ncc1NS(=O)(=O)Cc1ccccc1. The number of nitrogens with one attached hydrogen (secondary N) is 3. The highest BCUT2D eigenvalue weighted by molar-refractivity contribution is 7.91. The van der Waals surface area contributed by atoms with Crippen molar-refractivity contribution in [2.75, 3.05) is 4.72 Å². The van der Waals surface area contributed by atoms with Crippen LogP contribution in [0.5, 0.6) is 0 Å². The Morgan fingerprint density at radius 1 is 0.962 bits per heavy atom. The Hall–Kier alpha value is -3.13. The van der Waals surface area contributed by atoms with Gasteiger partial charge in [0, 0.05) is 6.54 Å². The molecule has 0 atom stereocenters. The van der Waals surface area contributed by atoms with Gasteiger partial charge in [-0.05, 0) is 11.1 Å². The first-order valence-corrected chi connectivity index (χ1v) is 9.59. The van der Waals surface area contributed by atoms with Gasteiger partial charge < -0.3 is 5.32 Å². The Morgan fingerprint density at radius 2 is 1.58 bits per heavy atom. The number of rotatable bonds is 7. The molecular formula is C18H18N4O3S. The van der Waals surface area contributed by atoms with E-state index >= 15 is 0 Å². The number of benzene rings is 2. The van der Waals surface area contributed by atoms with Gasteiger partial charge in [0.05, 0.1) is 17.6 Å². The first-order valence-electron chi connectivity index (χ1n) is 7.93. The first kappa shape index (κ1) is 17.7. The number of hydrogen-bond acceptors (Lipinski definition) is 4. The molecule has 0 radical (unpaired) electrons. The zero-order chi connectivity index (χ0) is 18.4. The molecule has 134 valence electrons. The Morgan fingerprint density at radius 3 is 2.23 bits per heavy atom. The summed E-state index contributed by atoms with van der Waals surface area (Å²) in [6, 6.07) is 18.2. The van der Waals surface area contributed by atoms with Crippen LogP contribution in [0.1, 0.15) is 21.6 Å². The van der Waals surface area contributed by atoms with Crippen LogP contribution < -0.4 is 10.0 Å². The second kappa shape index (κ2) is 7.83. The molecule has 0 fully saturated rings. The molecular weight excluding hydrogens is 352 g/mol. The van der Waals surface area contributed by atoms with Crippen molar-refractivity contribution in [1.82, 2.24) is 15.5 Å². The fourth-order valence-electron chi connectivity index (χ4n) is 2.40. The molecule has 1 heterocycles. The fraction of sp³-hybridized carbons (Fsp3) is 0.111. The maximum atomic E-state index is 12.3. The number of carbonyl (C=O) groups excluding carboxylic acids is 1. The lowest BCUT2D eigenvalue weighted by Gasteiger charge is -2.09. The zero-order valence-electron chi connectivity index (χ0n) is 13.8. The van der Waals surface area contributed by atoms with Crippen LogP contribution in [0.25, 0.3) is 0 Å². The number of amides is 1. The number of anilines is 1. The summed E-state index contributed by atoms with van der Waals surface area (Å²) in [6.07, 6.45) is 1.28. The van der Waals surface area contributed by atoms with Crippen LogP contribution in [-0.2, 0) is 22.3 Å². The Balaban J connectivity index is 1.67. The molecule has 0 spiro atoms. The van der Waals surface area contributed by atoms with Crippen molar-refractivity contribution in [2.24, 2.45) is 0 Å². The summed E-state index contributed by atoms with van der Waals surface area (Å²) in [5, 5.41) is 9.05. The third kappa shape index (κ3) is 4.70. The van der Waals surface area contributed by atoms with Crippen molar-refractivity contribution in [3.8, 4) is 0 Å². The van der Waals surface area contributed by atoms with Crippen LogP contribution in [0, 0.1) is 0 Å². The molecule has 26 heavy (non-hydrogen) atoms. The summed E-state index contributed by atoms with van der Waals surface area (Å²) in [7, 11) is -3.67. The topological polar surface area (TPSA) is 104 Å². The number of H-pyrrole nitrogens is 1. The van der Waals surface area contributed by atoms with Gasteiger partial charge in [-0.3, -0.25) is 14.6 Å². The predicted octanol–water partition coefficient (Wildman–Crippen LogP) is 2.28. The van der Waals surface area contributed by atoms with E-state index in [0.29, 0.717) is 12.1 Å². The Labute approximate surface area is 151 Å². The van der Waals surface area contributed by atoms with E-state index in [4.69, 9.17) is 0 Å². The minimum Gasteiger partial charge on any atom is -0.347 e. The lowest BCUT2D eigenvalue weighted by molar-refractivity contribution is 0.0947. The summed E-state index contributed by atoms with van der Waals surface area (Å²) in [5.74, 6) is -0.631. The molecule has 2 aromatic carbocycles. The van der Waals surface area contributed by atoms with Gasteiger partial charge in [-0.1, -0.05) is 60.7 Å². The summed E-state index contributed by atoms with van der Waals surface area (Å²) < 4.78 is 27.1. The van der Waals surface area contributed by atoms with Gasteiger partial charge in [0.25, 0.3) is 5.91 Å². The summed E-state index contributed by atoms with van der Waals surface area (Å²) in [5.41, 5.74) is 1.77. The van der Waals surface area contributed by atoms with Crippen molar-refractivity contribution in [3.63, 3.8) is 0 Å². The largest absolute Gasteiger partial charge is 0.347 e. The Kier molecular flexibility index (Phi) is 5.33. The molecule has 0 aliphatic rings. The highest BCUT2D eigenvalue weighted by Gasteiger charge is 2.19. The van der Waals surface area contributed by atoms with Gasteiger partial charge in [-0.15, -0.1) is 0 Å². The van der Waals surface area contributed by atoms with Gasteiger partial charge in [-0.25, -0.2) is 8.42 Å². The Bertz CT molecular complexity index is 970. The van der Waals surface area contributed by atoms with Gasteiger partial charge >= 0.3 is 0 Å². The van der Waals surface area contributed by atoms with Gasteiger partial charge in [0.15, 0.2) is 0 Å². The van der Waals surface area contributed by atoms with Crippen molar-refractivity contribution >= 4 is 21.6 Å². The average Bonchev–Trinajstić information content (AvgIpc) is 3.08. The number of nitrogens with zero attached hydrogens (tertiary/aromatic N) is 1. The van der Waals surface area contributed by atoms with Gasteiger partial charge in [0.1, 0.15) is 5.69 Å². The van der Waals surface area contributed by atoms with Crippen LogP contribution in [0.15, 0.2) is 66.9 Å². The van der Waals surface area contributed by atoms with Crippen molar-refractivity contribution in [1.29, 1.82) is 0 Å². The van der Waals surface area contributed by atoms with E-state index in [9.17, 15) is 13.2 Å². The summed E-state index contributed by atoms with van der Waals surface area (Å²) >= 11 is 0. The highest BCUT2D eigenvalue weighted by Crippen LogP contribution is 2.16. The van der Waals surface area contributed by atoms with E-state index in [1.54, 1.807) is 24.3 Å². The van der Waals surface area contributed by atoms with Crippen LogP contribution >= 0.6 is 0 Å². The average molecular weight is 370 g/mol. The third-order valence-electron chi connectivity index (χ3n) is 3.63. The summed E-state index contributed by atoms with van der Waals surface area (Å²) in [4.78, 5) is 12.3. The molecule has 8 heteroatoms. The standard InChI is InChI=1S/C18H18N4O3S/c23-18(19-11-14-7-3-1-4-8-14)17-16(12-20-21-17)22-26(24,25)13-15-9-5-2-6-10-15/h1-10,12,22H,11,13H2,(H,19,23)(H,20,21). The van der Waals surface area contributed by atoms with Crippen LogP contribution in [0.3, 0.4) is 0 Å². The van der Waals surface area contributed by atoms with Crippen LogP contribution in [-0.4, -0.2) is 24.5 Å². The molecule has 7 nitrogen and oxygen atoms in total. The minimum absolute atomic E-state index is 0.0672. The highest BCUT2D eigenvalue weighted by atomic mass is 32.2. The number of hydrogen-bond donors (Lipinski definition) is 3. The molecule has 3 rings (SSSR count). The number of aromatic amines is 1. The van der Waals surface area contributed by atoms with E-state index in [0.717, 1.165) is 5.56 Å². The van der Waals surface area contributed by atoms with Gasteiger partial charge in [0.2, 0.25) is 10.0 Å². The quantitative estimate of drug-likeness (QED) is 0.593. The van der Waals surface area contributed by atoms with Crippen LogP contribution in [0.4, 0.5) is 5.69 Å². The molecule has 1 aromatic heterocycles. The molecule has 0 unspecified atom stereocenters. The smallest absolute Gasteiger partial charge is 0.271 e. The van der Waals surface area contributed by atoms with E-state index in [-0.39, 0.29) is 17.1 Å². The molecule has 0 aliphatic carbocycles. The lowest BCUT2D eigenvalue weighted by atomic mass is 10.2. The molecule has 0 bridgehead atoms. The molecule has 0 saturated heterocycles.